The highest BCUT2D eigenvalue weighted by molar-refractivity contribution is 7.19. The van der Waals surface area contributed by atoms with Crippen LogP contribution in [-0.2, 0) is 11.8 Å². The van der Waals surface area contributed by atoms with Gasteiger partial charge in [0.2, 0.25) is 5.95 Å². The number of hydrogen-bond donors (Lipinski definition) is 1. The fourth-order valence-corrected chi connectivity index (χ4v) is 4.08. The fourth-order valence-electron chi connectivity index (χ4n) is 2.95. The van der Waals surface area contributed by atoms with Crippen LogP contribution in [0.3, 0.4) is 0 Å². The average molecular weight is 386 g/mol. The van der Waals surface area contributed by atoms with E-state index in [1.807, 2.05) is 42.8 Å². The molecule has 9 heteroatoms. The summed E-state index contributed by atoms with van der Waals surface area (Å²) in [5, 5.41) is 13.0. The van der Waals surface area contributed by atoms with Crippen LogP contribution in [0.25, 0.3) is 10.7 Å². The molecule has 8 nitrogen and oxygen atoms in total. The van der Waals surface area contributed by atoms with E-state index < -0.39 is 0 Å². The lowest BCUT2D eigenvalue weighted by Gasteiger charge is -2.25. The van der Waals surface area contributed by atoms with E-state index in [1.54, 1.807) is 18.4 Å². The third-order valence-electron chi connectivity index (χ3n) is 4.47. The maximum absolute atomic E-state index is 5.43. The van der Waals surface area contributed by atoms with E-state index in [4.69, 9.17) is 14.5 Å². The highest BCUT2D eigenvalue weighted by Crippen LogP contribution is 2.34. The Morgan fingerprint density at radius 3 is 2.81 bits per heavy atom. The number of benzene rings is 1. The minimum Gasteiger partial charge on any atom is -0.497 e. The molecule has 1 aliphatic rings. The minimum atomic E-state index is 0.666. The van der Waals surface area contributed by atoms with Gasteiger partial charge in [-0.25, -0.2) is 4.98 Å². The van der Waals surface area contributed by atoms with Crippen molar-refractivity contribution in [1.29, 1.82) is 0 Å². The van der Waals surface area contributed by atoms with Gasteiger partial charge >= 0.3 is 0 Å². The second-order valence-electron chi connectivity index (χ2n) is 6.27. The van der Waals surface area contributed by atoms with Crippen molar-refractivity contribution in [2.24, 2.45) is 7.05 Å². The summed E-state index contributed by atoms with van der Waals surface area (Å²) < 4.78 is 12.6. The van der Waals surface area contributed by atoms with E-state index in [0.717, 1.165) is 59.3 Å². The van der Waals surface area contributed by atoms with Crippen LogP contribution in [0.5, 0.6) is 5.75 Å². The number of methoxy groups -OCH3 is 1. The predicted molar refractivity (Wildman–Crippen MR) is 106 cm³/mol. The molecule has 0 spiro atoms. The second kappa shape index (κ2) is 7.53. The lowest BCUT2D eigenvalue weighted by Crippen LogP contribution is -2.36. The van der Waals surface area contributed by atoms with Gasteiger partial charge in [0.05, 0.1) is 30.9 Å². The molecular weight excluding hydrogens is 364 g/mol. The quantitative estimate of drug-likeness (QED) is 0.722. The summed E-state index contributed by atoms with van der Waals surface area (Å²) in [6.45, 7) is 5.24. The van der Waals surface area contributed by atoms with Crippen LogP contribution >= 0.6 is 11.3 Å². The molecule has 1 fully saturated rings. The number of thiazole rings is 1. The van der Waals surface area contributed by atoms with Crippen LogP contribution in [0.1, 0.15) is 5.69 Å². The van der Waals surface area contributed by atoms with Crippen LogP contribution in [0, 0.1) is 6.92 Å². The third-order valence-corrected chi connectivity index (χ3v) is 5.68. The highest BCUT2D eigenvalue weighted by atomic mass is 32.1. The van der Waals surface area contributed by atoms with Crippen LogP contribution < -0.4 is 15.0 Å². The molecule has 0 bridgehead atoms. The fraction of sp³-hybridized carbons (Fsp3) is 0.389. The van der Waals surface area contributed by atoms with Gasteiger partial charge in [-0.15, -0.1) is 10.2 Å². The van der Waals surface area contributed by atoms with E-state index in [-0.39, 0.29) is 0 Å². The number of morpholine rings is 1. The molecule has 142 valence electrons. The smallest absolute Gasteiger partial charge is 0.229 e. The summed E-state index contributed by atoms with van der Waals surface area (Å²) in [6, 6.07) is 7.72. The number of aromatic nitrogens is 4. The maximum atomic E-state index is 5.43. The summed E-state index contributed by atoms with van der Waals surface area (Å²) >= 11 is 1.65. The van der Waals surface area contributed by atoms with Gasteiger partial charge in [0.15, 0.2) is 11.0 Å². The number of hydrogen-bond acceptors (Lipinski definition) is 8. The molecule has 1 saturated heterocycles. The van der Waals surface area contributed by atoms with Crippen molar-refractivity contribution in [3.63, 3.8) is 0 Å². The summed E-state index contributed by atoms with van der Waals surface area (Å²) in [5.41, 5.74) is 1.86. The molecule has 1 aliphatic heterocycles. The Bertz CT molecular complexity index is 932. The van der Waals surface area contributed by atoms with Gasteiger partial charge in [0.25, 0.3) is 0 Å². The zero-order chi connectivity index (χ0) is 18.8. The van der Waals surface area contributed by atoms with Crippen LogP contribution in [0.2, 0.25) is 0 Å². The van der Waals surface area contributed by atoms with E-state index >= 15 is 0 Å². The van der Waals surface area contributed by atoms with Gasteiger partial charge < -0.3 is 19.7 Å². The Labute approximate surface area is 161 Å². The van der Waals surface area contributed by atoms with E-state index in [9.17, 15) is 0 Å². The molecular formula is C18H22N6O2S. The Morgan fingerprint density at radius 2 is 2.04 bits per heavy atom. The van der Waals surface area contributed by atoms with Crippen molar-refractivity contribution < 1.29 is 9.47 Å². The van der Waals surface area contributed by atoms with Gasteiger partial charge in [0.1, 0.15) is 5.75 Å². The van der Waals surface area contributed by atoms with Crippen molar-refractivity contribution in [3.8, 4) is 16.5 Å². The molecule has 0 atom stereocenters. The summed E-state index contributed by atoms with van der Waals surface area (Å²) in [4.78, 5) is 8.03. The number of ether oxygens (including phenoxy) is 2. The first kappa shape index (κ1) is 17.7. The van der Waals surface area contributed by atoms with Crippen LogP contribution in [0.4, 0.5) is 16.8 Å². The van der Waals surface area contributed by atoms with Crippen molar-refractivity contribution in [2.45, 2.75) is 6.92 Å². The first-order chi connectivity index (χ1) is 13.2. The molecule has 0 saturated carbocycles. The zero-order valence-corrected chi connectivity index (χ0v) is 16.4. The molecule has 0 amide bonds. The zero-order valence-electron chi connectivity index (χ0n) is 15.6. The van der Waals surface area contributed by atoms with Crippen molar-refractivity contribution in [1.82, 2.24) is 19.7 Å². The Morgan fingerprint density at radius 1 is 1.22 bits per heavy atom. The normalized spacial score (nSPS) is 14.4. The molecule has 0 aliphatic carbocycles. The van der Waals surface area contributed by atoms with Gasteiger partial charge in [0, 0.05) is 31.9 Å². The number of nitrogens with zero attached hydrogens (tertiary/aromatic N) is 5. The topological polar surface area (TPSA) is 77.3 Å². The Kier molecular flexibility index (Phi) is 4.95. The third kappa shape index (κ3) is 3.60. The van der Waals surface area contributed by atoms with E-state index in [1.165, 1.54) is 0 Å². The monoisotopic (exact) mass is 386 g/mol. The van der Waals surface area contributed by atoms with Gasteiger partial charge in [-0.2, -0.15) is 0 Å². The largest absolute Gasteiger partial charge is 0.497 e. The van der Waals surface area contributed by atoms with Crippen molar-refractivity contribution >= 4 is 28.1 Å². The van der Waals surface area contributed by atoms with Crippen LogP contribution in [0.15, 0.2) is 24.3 Å². The average Bonchev–Trinajstić information content (AvgIpc) is 3.25. The van der Waals surface area contributed by atoms with Gasteiger partial charge in [-0.1, -0.05) is 17.4 Å². The number of nitrogens with one attached hydrogen (secondary N) is 1. The summed E-state index contributed by atoms with van der Waals surface area (Å²) in [5.74, 6) is 2.25. The first-order valence-corrected chi connectivity index (χ1v) is 9.58. The van der Waals surface area contributed by atoms with Crippen LogP contribution in [-0.4, -0.2) is 53.2 Å². The Balaban J connectivity index is 1.59. The number of anilines is 3. The molecule has 4 rings (SSSR count). The summed E-state index contributed by atoms with van der Waals surface area (Å²) in [6.07, 6.45) is 0. The van der Waals surface area contributed by atoms with E-state index in [0.29, 0.717) is 5.95 Å². The van der Waals surface area contributed by atoms with Crippen molar-refractivity contribution in [2.75, 3.05) is 43.6 Å². The lowest BCUT2D eigenvalue weighted by atomic mass is 10.3. The predicted octanol–water partition coefficient (Wildman–Crippen LogP) is 2.84. The molecule has 27 heavy (non-hydrogen) atoms. The summed E-state index contributed by atoms with van der Waals surface area (Å²) in [7, 11) is 3.60. The van der Waals surface area contributed by atoms with Gasteiger partial charge in [-0.05, 0) is 19.1 Å². The highest BCUT2D eigenvalue weighted by Gasteiger charge is 2.21. The second-order valence-corrected chi connectivity index (χ2v) is 7.25. The molecule has 0 unspecified atom stereocenters. The van der Waals surface area contributed by atoms with Crippen molar-refractivity contribution in [3.05, 3.63) is 30.0 Å². The standard InChI is InChI=1S/C18H22N6O2S/c1-12-15(27-18(19-12)24-7-9-26-10-8-24)16-21-22-17(23(16)2)20-13-5-4-6-14(11-13)25-3/h4-6,11H,7-10H2,1-3H3,(H,20,22). The lowest BCUT2D eigenvalue weighted by molar-refractivity contribution is 0.122. The number of aryl methyl sites for hydroxylation is 1. The molecule has 1 N–H and O–H groups in total. The minimum absolute atomic E-state index is 0.666. The Hall–Kier alpha value is -2.65. The molecule has 2 aromatic heterocycles. The molecule has 1 aromatic carbocycles. The molecule has 3 aromatic rings. The maximum Gasteiger partial charge on any atom is 0.229 e. The SMILES string of the molecule is COc1cccc(Nc2nnc(-c3sc(N4CCOCC4)nc3C)n2C)c1. The molecule has 3 heterocycles. The van der Waals surface area contributed by atoms with Gasteiger partial charge in [-0.3, -0.25) is 4.57 Å². The van der Waals surface area contributed by atoms with E-state index in [2.05, 4.69) is 20.4 Å². The first-order valence-electron chi connectivity index (χ1n) is 8.76. The number of rotatable bonds is 5. The molecule has 0 radical (unpaired) electrons.